The van der Waals surface area contributed by atoms with Crippen LogP contribution >= 0.6 is 11.8 Å². The number of aryl methyl sites for hydroxylation is 2. The molecular formula is C27H35NO4S. The minimum Gasteiger partial charge on any atom is -0.511 e. The molecule has 0 saturated heterocycles. The monoisotopic (exact) mass is 469 g/mol. The highest BCUT2D eigenvalue weighted by molar-refractivity contribution is 8.04. The van der Waals surface area contributed by atoms with Gasteiger partial charge in [-0.05, 0) is 48.4 Å². The molecule has 0 fully saturated rings. The van der Waals surface area contributed by atoms with Crippen LogP contribution in [0.5, 0.6) is 0 Å². The molecule has 0 saturated carbocycles. The van der Waals surface area contributed by atoms with Crippen LogP contribution in [-0.2, 0) is 28.0 Å². The van der Waals surface area contributed by atoms with E-state index in [2.05, 4.69) is 25.8 Å². The zero-order valence-corrected chi connectivity index (χ0v) is 21.3. The van der Waals surface area contributed by atoms with Gasteiger partial charge in [-0.1, -0.05) is 70.6 Å². The molecule has 1 aliphatic heterocycles. The summed E-state index contributed by atoms with van der Waals surface area (Å²) in [5.74, 6) is -0.404. The normalized spacial score (nSPS) is 19.2. The molecule has 0 spiro atoms. The van der Waals surface area contributed by atoms with Crippen LogP contribution < -0.4 is 0 Å². The third kappa shape index (κ3) is 5.61. The van der Waals surface area contributed by atoms with Gasteiger partial charge in [0.2, 0.25) is 0 Å². The summed E-state index contributed by atoms with van der Waals surface area (Å²) in [6.07, 6.45) is 3.30. The number of aliphatic hydroxyl groups is 2. The lowest BCUT2D eigenvalue weighted by atomic mass is 9.79. The number of hydrogen-bond donors (Lipinski definition) is 2. The average molecular weight is 470 g/mol. The maximum absolute atomic E-state index is 13.2. The quantitative estimate of drug-likeness (QED) is 0.483. The molecule has 33 heavy (non-hydrogen) atoms. The Hall–Kier alpha value is -2.31. The summed E-state index contributed by atoms with van der Waals surface area (Å²) in [6.45, 7) is 12.2. The van der Waals surface area contributed by atoms with E-state index < -0.39 is 11.6 Å². The Labute approximate surface area is 201 Å². The average Bonchev–Trinajstić information content (AvgIpc) is 2.74. The zero-order valence-electron chi connectivity index (χ0n) is 20.4. The number of nitrogens with zero attached hydrogens (tertiary/aromatic N) is 1. The third-order valence-corrected chi connectivity index (χ3v) is 7.42. The highest BCUT2D eigenvalue weighted by Gasteiger charge is 2.44. The van der Waals surface area contributed by atoms with Crippen molar-refractivity contribution < 1.29 is 19.7 Å². The molecule has 3 rings (SSSR count). The van der Waals surface area contributed by atoms with Crippen molar-refractivity contribution in [2.45, 2.75) is 83.3 Å². The lowest BCUT2D eigenvalue weighted by Crippen LogP contribution is -2.44. The number of hydrogen-bond acceptors (Lipinski definition) is 6. The summed E-state index contributed by atoms with van der Waals surface area (Å²) in [4.78, 5) is 18.9. The van der Waals surface area contributed by atoms with Crippen molar-refractivity contribution >= 4 is 17.7 Å². The fourth-order valence-corrected chi connectivity index (χ4v) is 5.43. The molecule has 0 radical (unpaired) electrons. The van der Waals surface area contributed by atoms with Crippen molar-refractivity contribution in [3.63, 3.8) is 0 Å². The van der Waals surface area contributed by atoms with Crippen LogP contribution in [0.3, 0.4) is 0 Å². The number of thioether (sulfide) groups is 1. The molecule has 6 heteroatoms. The SMILES string of the molecule is Cc1cnc(C(C)(C)C)c(SC2=C(O)CC(CCc3ccccc3CO)(C(C)C)OC2=O)c1. The lowest BCUT2D eigenvalue weighted by molar-refractivity contribution is -0.164. The molecule has 1 unspecified atom stereocenters. The fourth-order valence-electron chi connectivity index (χ4n) is 4.19. The number of carbonyl (C=O) groups is 1. The number of carbonyl (C=O) groups excluding carboxylic acids is 1. The Bertz CT molecular complexity index is 1050. The molecule has 5 nitrogen and oxygen atoms in total. The molecule has 0 bridgehead atoms. The first-order chi connectivity index (χ1) is 15.5. The van der Waals surface area contributed by atoms with E-state index in [0.29, 0.717) is 12.8 Å². The van der Waals surface area contributed by atoms with Gasteiger partial charge in [0, 0.05) is 22.9 Å². The van der Waals surface area contributed by atoms with Gasteiger partial charge in [-0.15, -0.1) is 0 Å². The van der Waals surface area contributed by atoms with E-state index in [4.69, 9.17) is 4.74 Å². The summed E-state index contributed by atoms with van der Waals surface area (Å²) in [5, 5.41) is 20.7. The Morgan fingerprint density at radius 2 is 1.88 bits per heavy atom. The first-order valence-corrected chi connectivity index (χ1v) is 12.3. The van der Waals surface area contributed by atoms with Crippen LogP contribution in [0.2, 0.25) is 0 Å². The van der Waals surface area contributed by atoms with E-state index in [1.807, 2.05) is 57.3 Å². The van der Waals surface area contributed by atoms with Crippen LogP contribution in [0.15, 0.2) is 52.1 Å². The van der Waals surface area contributed by atoms with E-state index >= 15 is 0 Å². The second-order valence-corrected chi connectivity index (χ2v) is 11.3. The van der Waals surface area contributed by atoms with Crippen molar-refractivity contribution in [2.75, 3.05) is 0 Å². The van der Waals surface area contributed by atoms with Crippen LogP contribution in [0.25, 0.3) is 0 Å². The summed E-state index contributed by atoms with van der Waals surface area (Å²) in [7, 11) is 0. The van der Waals surface area contributed by atoms with E-state index in [-0.39, 0.29) is 35.0 Å². The van der Waals surface area contributed by atoms with Crippen LogP contribution in [-0.4, -0.2) is 26.8 Å². The van der Waals surface area contributed by atoms with E-state index in [1.165, 1.54) is 11.8 Å². The van der Waals surface area contributed by atoms with Gasteiger partial charge in [0.25, 0.3) is 0 Å². The summed E-state index contributed by atoms with van der Waals surface area (Å²) in [5.41, 5.74) is 2.77. The van der Waals surface area contributed by atoms with Crippen molar-refractivity contribution in [2.24, 2.45) is 5.92 Å². The minimum absolute atomic E-state index is 0.0159. The number of aromatic nitrogens is 1. The number of esters is 1. The van der Waals surface area contributed by atoms with Crippen molar-refractivity contribution in [1.29, 1.82) is 0 Å². The number of pyridine rings is 1. The van der Waals surface area contributed by atoms with Gasteiger partial charge in [0.1, 0.15) is 16.3 Å². The number of cyclic esters (lactones) is 1. The Morgan fingerprint density at radius 3 is 2.45 bits per heavy atom. The van der Waals surface area contributed by atoms with Gasteiger partial charge >= 0.3 is 5.97 Å². The second kappa shape index (κ2) is 9.90. The third-order valence-electron chi connectivity index (χ3n) is 6.28. The van der Waals surface area contributed by atoms with Crippen molar-refractivity contribution in [1.82, 2.24) is 4.98 Å². The Morgan fingerprint density at radius 1 is 1.21 bits per heavy atom. The largest absolute Gasteiger partial charge is 0.511 e. The van der Waals surface area contributed by atoms with Gasteiger partial charge in [0.05, 0.1) is 12.3 Å². The highest BCUT2D eigenvalue weighted by Crippen LogP contribution is 2.44. The second-order valence-electron chi connectivity index (χ2n) is 10.2. The van der Waals surface area contributed by atoms with Crippen molar-refractivity contribution in [3.8, 4) is 0 Å². The number of aliphatic hydroxyl groups excluding tert-OH is 2. The topological polar surface area (TPSA) is 79.7 Å². The van der Waals surface area contributed by atoms with Crippen LogP contribution in [0, 0.1) is 12.8 Å². The van der Waals surface area contributed by atoms with Gasteiger partial charge in [-0.25, -0.2) is 4.79 Å². The first kappa shape index (κ1) is 25.3. The lowest BCUT2D eigenvalue weighted by Gasteiger charge is -2.40. The fraction of sp³-hybridized carbons (Fsp3) is 0.481. The molecular weight excluding hydrogens is 434 g/mol. The summed E-state index contributed by atoms with van der Waals surface area (Å²) < 4.78 is 6.08. The number of rotatable bonds is 7. The van der Waals surface area contributed by atoms with Crippen LogP contribution in [0.4, 0.5) is 0 Å². The summed E-state index contributed by atoms with van der Waals surface area (Å²) >= 11 is 1.24. The molecule has 2 aromatic rings. The molecule has 2 N–H and O–H groups in total. The predicted molar refractivity (Wildman–Crippen MR) is 132 cm³/mol. The zero-order chi connectivity index (χ0) is 24.4. The van der Waals surface area contributed by atoms with E-state index in [1.54, 1.807) is 0 Å². The van der Waals surface area contributed by atoms with Gasteiger partial charge in [-0.2, -0.15) is 0 Å². The smallest absolute Gasteiger partial charge is 0.349 e. The molecule has 0 aliphatic carbocycles. The maximum atomic E-state index is 13.2. The Kier molecular flexibility index (Phi) is 7.59. The van der Waals surface area contributed by atoms with Crippen LogP contribution in [0.1, 0.15) is 69.8 Å². The highest BCUT2D eigenvalue weighted by atomic mass is 32.2. The van der Waals surface area contributed by atoms with Gasteiger partial charge in [0.15, 0.2) is 0 Å². The minimum atomic E-state index is -0.800. The van der Waals surface area contributed by atoms with E-state index in [9.17, 15) is 15.0 Å². The maximum Gasteiger partial charge on any atom is 0.349 e. The summed E-state index contributed by atoms with van der Waals surface area (Å²) in [6, 6.07) is 9.73. The number of benzene rings is 1. The van der Waals surface area contributed by atoms with Gasteiger partial charge < -0.3 is 14.9 Å². The van der Waals surface area contributed by atoms with Gasteiger partial charge in [-0.3, -0.25) is 4.98 Å². The molecule has 2 heterocycles. The molecule has 1 atom stereocenters. The number of ether oxygens (including phenoxy) is 1. The molecule has 1 aromatic carbocycles. The molecule has 0 amide bonds. The molecule has 1 aromatic heterocycles. The molecule has 178 valence electrons. The van der Waals surface area contributed by atoms with E-state index in [0.717, 1.165) is 27.3 Å². The van der Waals surface area contributed by atoms with Crippen molar-refractivity contribution in [3.05, 3.63) is 69.6 Å². The predicted octanol–water partition coefficient (Wildman–Crippen LogP) is 6.02. The standard InChI is InChI=1S/C27H35NO4S/c1-17(2)27(12-11-19-9-7-8-10-20(19)16-29)14-21(30)23(25(31)32-27)33-22-13-18(3)15-28-24(22)26(4,5)6/h7-10,13,15,17,29-30H,11-12,14,16H2,1-6H3. The molecule has 1 aliphatic rings. The Balaban J connectivity index is 1.89. The first-order valence-electron chi connectivity index (χ1n) is 11.4.